The predicted octanol–water partition coefficient (Wildman–Crippen LogP) is 11.0. The van der Waals surface area contributed by atoms with Gasteiger partial charge < -0.3 is 34.4 Å². The van der Waals surface area contributed by atoms with Crippen LogP contribution in [0.25, 0.3) is 50.7 Å². The number of aromatic amines is 2. The zero-order valence-electron chi connectivity index (χ0n) is 37.0. The second-order valence-electron chi connectivity index (χ2n) is 17.4. The summed E-state index contributed by atoms with van der Waals surface area (Å²) >= 11 is -0.148. The Labute approximate surface area is 380 Å². The van der Waals surface area contributed by atoms with E-state index in [4.69, 9.17) is 14.7 Å². The van der Waals surface area contributed by atoms with Crippen LogP contribution in [0.1, 0.15) is 83.5 Å². The van der Waals surface area contributed by atoms with E-state index in [0.29, 0.717) is 24.5 Å². The van der Waals surface area contributed by atoms with Crippen LogP contribution in [0.2, 0.25) is 0 Å². The number of ether oxygens (including phenoxy) is 1. The van der Waals surface area contributed by atoms with Gasteiger partial charge in [-0.25, -0.2) is 14.8 Å². The van der Waals surface area contributed by atoms with E-state index in [-0.39, 0.29) is 52.4 Å². The van der Waals surface area contributed by atoms with E-state index >= 15 is 0 Å². The first-order valence-electron chi connectivity index (χ1n) is 22.0. The minimum absolute atomic E-state index is 0.0788. The van der Waals surface area contributed by atoms with E-state index in [2.05, 4.69) is 29.1 Å². The predicted molar refractivity (Wildman–Crippen MR) is 245 cm³/mol. The molecule has 3 aromatic carbocycles. The molecule has 0 aliphatic carbocycles. The van der Waals surface area contributed by atoms with Gasteiger partial charge in [0.25, 0.3) is 0 Å². The second-order valence-corrected chi connectivity index (χ2v) is 18.5. The van der Waals surface area contributed by atoms with Crippen molar-refractivity contribution in [1.29, 1.82) is 0 Å². The second kappa shape index (κ2) is 19.0. The molecule has 12 nitrogen and oxygen atoms in total. The van der Waals surface area contributed by atoms with Crippen molar-refractivity contribution in [2.45, 2.75) is 88.3 Å². The number of hydrogen-bond donors (Lipinski definition) is 3. The number of halogens is 3. The van der Waals surface area contributed by atoms with Crippen LogP contribution in [0.15, 0.2) is 102 Å². The molecule has 3 atom stereocenters. The van der Waals surface area contributed by atoms with E-state index in [9.17, 15) is 27.6 Å². The molecule has 6 aromatic rings. The number of benzene rings is 3. The number of methoxy groups -OCH3 is 1. The SMILES string of the molecule is COC(=O)N[C@H](C(=O)N1CCC[C@H]1c1ncc(-c2ccc(-c3ccc(-c4ccc(-c5cnc([C@@H]6CCCN6C(=O)CC(C)C)[nH]5)cc4)n3-c3ccc(SC(F)(F)F)cc3)cc2)[nH]1)C(C)C. The van der Waals surface area contributed by atoms with Crippen LogP contribution < -0.4 is 5.32 Å². The number of carbonyl (C=O) groups excluding carboxylic acids is 3. The number of nitrogens with one attached hydrogen (secondary N) is 3. The van der Waals surface area contributed by atoms with Gasteiger partial charge in [-0.3, -0.25) is 9.59 Å². The Kier molecular flexibility index (Phi) is 13.3. The number of aromatic nitrogens is 5. The van der Waals surface area contributed by atoms with Crippen LogP contribution in [0.3, 0.4) is 0 Å². The number of H-pyrrole nitrogens is 2. The number of amides is 3. The Morgan fingerprint density at radius 3 is 1.71 bits per heavy atom. The monoisotopic (exact) mass is 906 g/mol. The molecule has 8 rings (SSSR count). The number of nitrogens with zero attached hydrogens (tertiary/aromatic N) is 5. The van der Waals surface area contributed by atoms with Gasteiger partial charge in [0.15, 0.2) is 0 Å². The lowest BCUT2D eigenvalue weighted by atomic mass is 10.0. The van der Waals surface area contributed by atoms with Gasteiger partial charge in [-0.05, 0) is 108 Å². The highest BCUT2D eigenvalue weighted by molar-refractivity contribution is 8.00. The maximum absolute atomic E-state index is 13.7. The zero-order chi connectivity index (χ0) is 46.0. The lowest BCUT2D eigenvalue weighted by Gasteiger charge is -2.30. The molecule has 0 spiro atoms. The number of likely N-dealkylation sites (tertiary alicyclic amines) is 2. The number of carbonyl (C=O) groups is 3. The third kappa shape index (κ3) is 10.0. The van der Waals surface area contributed by atoms with E-state index in [1.54, 1.807) is 23.2 Å². The Morgan fingerprint density at radius 2 is 1.23 bits per heavy atom. The van der Waals surface area contributed by atoms with Crippen LogP contribution in [0.4, 0.5) is 18.0 Å². The minimum Gasteiger partial charge on any atom is -0.453 e. The fraction of sp³-hybridized carbons (Fsp3) is 0.367. The first-order chi connectivity index (χ1) is 31.2. The number of imidazole rings is 2. The van der Waals surface area contributed by atoms with Crippen molar-refractivity contribution in [3.63, 3.8) is 0 Å². The molecule has 340 valence electrons. The molecule has 65 heavy (non-hydrogen) atoms. The summed E-state index contributed by atoms with van der Waals surface area (Å²) in [5.41, 5.74) is 3.18. The van der Waals surface area contributed by atoms with Crippen molar-refractivity contribution in [3.05, 3.63) is 109 Å². The summed E-state index contributed by atoms with van der Waals surface area (Å²) in [7, 11) is 1.27. The highest BCUT2D eigenvalue weighted by Gasteiger charge is 2.38. The number of rotatable bonds is 13. The molecule has 3 N–H and O–H groups in total. The molecule has 0 radical (unpaired) electrons. The summed E-state index contributed by atoms with van der Waals surface area (Å²) in [6.07, 6.45) is 6.73. The highest BCUT2D eigenvalue weighted by Crippen LogP contribution is 2.40. The maximum atomic E-state index is 13.7. The molecule has 16 heteroatoms. The lowest BCUT2D eigenvalue weighted by molar-refractivity contribution is -0.135. The van der Waals surface area contributed by atoms with Crippen molar-refractivity contribution in [3.8, 4) is 50.7 Å². The van der Waals surface area contributed by atoms with E-state index < -0.39 is 17.6 Å². The number of alkyl halides is 3. The Balaban J connectivity index is 1.05. The van der Waals surface area contributed by atoms with Crippen LogP contribution in [0, 0.1) is 11.8 Å². The third-order valence-corrected chi connectivity index (χ3v) is 12.8. The van der Waals surface area contributed by atoms with Crippen LogP contribution in [-0.2, 0) is 14.3 Å². The molecule has 2 fully saturated rings. The van der Waals surface area contributed by atoms with Gasteiger partial charge in [0.2, 0.25) is 11.8 Å². The quantitative estimate of drug-likeness (QED) is 0.0980. The van der Waals surface area contributed by atoms with Gasteiger partial charge in [0, 0.05) is 30.1 Å². The summed E-state index contributed by atoms with van der Waals surface area (Å²) in [5, 5.41) is 2.69. The molecule has 2 aliphatic rings. The van der Waals surface area contributed by atoms with E-state index in [0.717, 1.165) is 83.1 Å². The first kappa shape index (κ1) is 45.3. The number of alkyl carbamates (subject to hydrolysis) is 1. The van der Waals surface area contributed by atoms with E-state index in [1.165, 1.54) is 19.2 Å². The van der Waals surface area contributed by atoms with Crippen LogP contribution in [-0.4, -0.2) is 84.0 Å². The Bertz CT molecular complexity index is 2620. The number of thioether (sulfide) groups is 1. The Morgan fingerprint density at radius 1 is 0.738 bits per heavy atom. The normalized spacial score (nSPS) is 17.0. The fourth-order valence-electron chi connectivity index (χ4n) is 8.92. The summed E-state index contributed by atoms with van der Waals surface area (Å²) < 4.78 is 46.7. The summed E-state index contributed by atoms with van der Waals surface area (Å²) in [5.74, 6) is 1.54. The number of hydrogen-bond acceptors (Lipinski definition) is 7. The van der Waals surface area contributed by atoms with Crippen LogP contribution in [0.5, 0.6) is 0 Å². The highest BCUT2D eigenvalue weighted by atomic mass is 32.2. The first-order valence-corrected chi connectivity index (χ1v) is 22.8. The summed E-state index contributed by atoms with van der Waals surface area (Å²) in [6.45, 7) is 9.13. The molecule has 2 aliphatic heterocycles. The van der Waals surface area contributed by atoms with Gasteiger partial charge in [0.05, 0.1) is 54.4 Å². The Hall–Kier alpha value is -6.29. The molecule has 0 bridgehead atoms. The van der Waals surface area contributed by atoms with Gasteiger partial charge in [0.1, 0.15) is 17.7 Å². The molecule has 3 amide bonds. The van der Waals surface area contributed by atoms with Gasteiger partial charge >= 0.3 is 11.6 Å². The van der Waals surface area contributed by atoms with Crippen molar-refractivity contribution >= 4 is 29.7 Å². The summed E-state index contributed by atoms with van der Waals surface area (Å²) in [6, 6.07) is 25.3. The zero-order valence-corrected chi connectivity index (χ0v) is 37.8. The van der Waals surface area contributed by atoms with Gasteiger partial charge in [-0.15, -0.1) is 0 Å². The van der Waals surface area contributed by atoms with Crippen LogP contribution >= 0.6 is 11.8 Å². The van der Waals surface area contributed by atoms with Gasteiger partial charge in [-0.2, -0.15) is 13.2 Å². The van der Waals surface area contributed by atoms with Crippen molar-refractivity contribution in [1.82, 2.24) is 39.6 Å². The molecule has 3 aromatic heterocycles. The standard InChI is InChI=1S/C49H53F3N8O4S/c1-29(2)26-43(61)58-24-6-8-41(58)45-53-27-37(55-45)31-10-14-33(15-11-31)39-22-23-40(60(39)35-18-20-36(21-19-35)65-49(50,51)52)34-16-12-32(13-17-34)38-28-54-46(56-38)42-9-7-25-59(42)47(62)44(30(3)4)57-48(63)64-5/h10-23,27-30,41-42,44H,6-9,24-26H2,1-5H3,(H,53,55)(H,54,56)(H,57,63)/t41-,42-,44-/m0/s1. The van der Waals surface area contributed by atoms with Crippen molar-refractivity contribution in [2.24, 2.45) is 11.8 Å². The third-order valence-electron chi connectivity index (χ3n) is 12.1. The molecule has 2 saturated heterocycles. The fourth-order valence-corrected chi connectivity index (χ4v) is 9.46. The average molecular weight is 907 g/mol. The minimum atomic E-state index is -4.41. The molecular weight excluding hydrogens is 854 g/mol. The summed E-state index contributed by atoms with van der Waals surface area (Å²) in [4.78, 5) is 58.8. The van der Waals surface area contributed by atoms with E-state index in [1.807, 2.05) is 90.2 Å². The van der Waals surface area contributed by atoms with Crippen molar-refractivity contribution in [2.75, 3.05) is 20.2 Å². The molecule has 0 saturated carbocycles. The molecule has 0 unspecified atom stereocenters. The maximum Gasteiger partial charge on any atom is 0.446 e. The largest absolute Gasteiger partial charge is 0.453 e. The molecule has 5 heterocycles. The smallest absolute Gasteiger partial charge is 0.446 e. The lowest BCUT2D eigenvalue weighted by Crippen LogP contribution is -2.51. The average Bonchev–Trinajstić information content (AvgIpc) is 4.14. The topological polar surface area (TPSA) is 141 Å². The van der Waals surface area contributed by atoms with Crippen molar-refractivity contribution < 1.29 is 32.3 Å². The van der Waals surface area contributed by atoms with Gasteiger partial charge in [-0.1, -0.05) is 76.2 Å². The molecular formula is C49H53F3N8O4S.